The Morgan fingerprint density at radius 3 is 3.10 bits per heavy atom. The summed E-state index contributed by atoms with van der Waals surface area (Å²) in [5, 5.41) is 4.21. The van der Waals surface area contributed by atoms with Crippen molar-refractivity contribution in [2.75, 3.05) is 13.2 Å². The molecule has 0 aliphatic carbocycles. The van der Waals surface area contributed by atoms with Gasteiger partial charge >= 0.3 is 0 Å². The number of aromatic nitrogens is 1. The molecule has 4 nitrogen and oxygen atoms in total. The first-order valence-corrected chi connectivity index (χ1v) is 7.29. The first-order chi connectivity index (χ1) is 9.84. The van der Waals surface area contributed by atoms with Crippen LogP contribution in [0.4, 0.5) is 0 Å². The van der Waals surface area contributed by atoms with Crippen LogP contribution in [0.1, 0.15) is 24.8 Å². The minimum absolute atomic E-state index is 0.0320. The van der Waals surface area contributed by atoms with Crippen LogP contribution in [0.5, 0.6) is 0 Å². The average Bonchev–Trinajstić information content (AvgIpc) is 2.92. The number of hydrogen-bond donors (Lipinski definition) is 2. The van der Waals surface area contributed by atoms with E-state index >= 15 is 0 Å². The highest BCUT2D eigenvalue weighted by Crippen LogP contribution is 2.18. The highest BCUT2D eigenvalue weighted by molar-refractivity contribution is 5.83. The standard InChI is InChI=1S/C16H20N2O2/c19-16(15-7-3-4-10-20-15)17-9-8-12-11-18-14-6-2-1-5-13(12)14/h1-2,5-6,11,15,18H,3-4,7-10H2,(H,17,19)/t15-/m1/s1. The summed E-state index contributed by atoms with van der Waals surface area (Å²) in [6.07, 6.45) is 5.61. The van der Waals surface area contributed by atoms with E-state index in [-0.39, 0.29) is 12.0 Å². The zero-order valence-corrected chi connectivity index (χ0v) is 11.5. The Bertz CT molecular complexity index is 585. The van der Waals surface area contributed by atoms with Crippen molar-refractivity contribution in [1.82, 2.24) is 10.3 Å². The van der Waals surface area contributed by atoms with Gasteiger partial charge in [0.2, 0.25) is 5.91 Å². The van der Waals surface area contributed by atoms with Crippen molar-refractivity contribution in [3.8, 4) is 0 Å². The van der Waals surface area contributed by atoms with Crippen molar-refractivity contribution >= 4 is 16.8 Å². The van der Waals surface area contributed by atoms with Crippen molar-refractivity contribution in [2.45, 2.75) is 31.8 Å². The van der Waals surface area contributed by atoms with Gasteiger partial charge in [-0.05, 0) is 37.3 Å². The number of hydrogen-bond acceptors (Lipinski definition) is 2. The van der Waals surface area contributed by atoms with Crippen LogP contribution in [0.25, 0.3) is 10.9 Å². The van der Waals surface area contributed by atoms with E-state index in [1.807, 2.05) is 18.3 Å². The molecule has 0 unspecified atom stereocenters. The quantitative estimate of drug-likeness (QED) is 0.898. The van der Waals surface area contributed by atoms with Gasteiger partial charge in [0.25, 0.3) is 0 Å². The lowest BCUT2D eigenvalue weighted by Gasteiger charge is -2.21. The van der Waals surface area contributed by atoms with Gasteiger partial charge < -0.3 is 15.0 Å². The number of carbonyl (C=O) groups is 1. The summed E-state index contributed by atoms with van der Waals surface area (Å²) in [4.78, 5) is 15.2. The zero-order chi connectivity index (χ0) is 13.8. The normalized spacial score (nSPS) is 19.1. The van der Waals surface area contributed by atoms with Crippen LogP contribution < -0.4 is 5.32 Å². The first-order valence-electron chi connectivity index (χ1n) is 7.29. The highest BCUT2D eigenvalue weighted by Gasteiger charge is 2.21. The Hall–Kier alpha value is -1.81. The summed E-state index contributed by atoms with van der Waals surface area (Å²) in [7, 11) is 0. The first kappa shape index (κ1) is 13.2. The van der Waals surface area contributed by atoms with E-state index in [2.05, 4.69) is 22.4 Å². The lowest BCUT2D eigenvalue weighted by molar-refractivity contribution is -0.135. The Morgan fingerprint density at radius 2 is 2.25 bits per heavy atom. The predicted octanol–water partition coefficient (Wildman–Crippen LogP) is 2.40. The molecule has 1 fully saturated rings. The van der Waals surface area contributed by atoms with Crippen LogP contribution in [-0.2, 0) is 16.0 Å². The third kappa shape index (κ3) is 2.85. The molecule has 4 heteroatoms. The van der Waals surface area contributed by atoms with Crippen LogP contribution in [0, 0.1) is 0 Å². The van der Waals surface area contributed by atoms with Crippen LogP contribution in [0.3, 0.4) is 0 Å². The van der Waals surface area contributed by atoms with Gasteiger partial charge in [-0.3, -0.25) is 4.79 Å². The highest BCUT2D eigenvalue weighted by atomic mass is 16.5. The maximum absolute atomic E-state index is 11.9. The number of benzene rings is 1. The lowest BCUT2D eigenvalue weighted by Crippen LogP contribution is -2.39. The SMILES string of the molecule is O=C(NCCc1c[nH]c2ccccc12)[C@H]1CCCCO1. The minimum atomic E-state index is -0.244. The summed E-state index contributed by atoms with van der Waals surface area (Å²) >= 11 is 0. The van der Waals surface area contributed by atoms with Gasteiger partial charge in [-0.25, -0.2) is 0 Å². The van der Waals surface area contributed by atoms with Crippen LogP contribution in [0.15, 0.2) is 30.5 Å². The van der Waals surface area contributed by atoms with E-state index in [4.69, 9.17) is 4.74 Å². The summed E-state index contributed by atoms with van der Waals surface area (Å²) in [5.41, 5.74) is 2.38. The molecule has 1 aromatic heterocycles. The van der Waals surface area contributed by atoms with Crippen molar-refractivity contribution in [2.24, 2.45) is 0 Å². The van der Waals surface area contributed by atoms with E-state index in [1.165, 1.54) is 10.9 Å². The molecule has 1 aliphatic rings. The Labute approximate surface area is 118 Å². The number of amides is 1. The molecule has 2 heterocycles. The second-order valence-electron chi connectivity index (χ2n) is 5.26. The van der Waals surface area contributed by atoms with E-state index in [0.717, 1.165) is 31.2 Å². The van der Waals surface area contributed by atoms with E-state index < -0.39 is 0 Å². The molecule has 0 radical (unpaired) electrons. The number of carbonyl (C=O) groups excluding carboxylic acids is 1. The van der Waals surface area contributed by atoms with Crippen LogP contribution >= 0.6 is 0 Å². The molecule has 1 amide bonds. The second kappa shape index (κ2) is 6.09. The molecular weight excluding hydrogens is 252 g/mol. The number of H-pyrrole nitrogens is 1. The maximum Gasteiger partial charge on any atom is 0.249 e. The fourth-order valence-corrected chi connectivity index (χ4v) is 2.72. The molecule has 1 saturated heterocycles. The fraction of sp³-hybridized carbons (Fsp3) is 0.438. The van der Waals surface area contributed by atoms with Crippen LogP contribution in [-0.4, -0.2) is 30.1 Å². The van der Waals surface area contributed by atoms with Gasteiger partial charge in [0.05, 0.1) is 0 Å². The number of para-hydroxylation sites is 1. The monoisotopic (exact) mass is 272 g/mol. The summed E-state index contributed by atoms with van der Waals surface area (Å²) < 4.78 is 5.48. The zero-order valence-electron chi connectivity index (χ0n) is 11.5. The summed E-state index contributed by atoms with van der Waals surface area (Å²) in [6.45, 7) is 1.36. The molecular formula is C16H20N2O2. The number of fused-ring (bicyclic) bond motifs is 1. The second-order valence-corrected chi connectivity index (χ2v) is 5.26. The van der Waals surface area contributed by atoms with Gasteiger partial charge in [0.1, 0.15) is 6.10 Å². The Balaban J connectivity index is 1.53. The Morgan fingerprint density at radius 1 is 1.35 bits per heavy atom. The van der Waals surface area contributed by atoms with E-state index in [9.17, 15) is 4.79 Å². The third-order valence-electron chi connectivity index (χ3n) is 3.84. The lowest BCUT2D eigenvalue weighted by atomic mass is 10.1. The summed E-state index contributed by atoms with van der Waals surface area (Å²) in [6, 6.07) is 8.22. The Kier molecular flexibility index (Phi) is 4.02. The molecule has 0 saturated carbocycles. The molecule has 20 heavy (non-hydrogen) atoms. The molecule has 2 N–H and O–H groups in total. The molecule has 0 bridgehead atoms. The maximum atomic E-state index is 11.9. The smallest absolute Gasteiger partial charge is 0.249 e. The van der Waals surface area contributed by atoms with Gasteiger partial charge in [-0.1, -0.05) is 18.2 Å². The number of rotatable bonds is 4. The number of ether oxygens (including phenoxy) is 1. The minimum Gasteiger partial charge on any atom is -0.368 e. The number of nitrogens with one attached hydrogen (secondary N) is 2. The third-order valence-corrected chi connectivity index (χ3v) is 3.84. The molecule has 1 atom stereocenters. The van der Waals surface area contributed by atoms with E-state index in [0.29, 0.717) is 13.2 Å². The number of aromatic amines is 1. The fourth-order valence-electron chi connectivity index (χ4n) is 2.72. The van der Waals surface area contributed by atoms with Crippen molar-refractivity contribution in [3.63, 3.8) is 0 Å². The topological polar surface area (TPSA) is 54.1 Å². The molecule has 0 spiro atoms. The molecule has 3 rings (SSSR count). The molecule has 106 valence electrons. The van der Waals surface area contributed by atoms with Gasteiger partial charge in [0, 0.05) is 30.3 Å². The van der Waals surface area contributed by atoms with Crippen LogP contribution in [0.2, 0.25) is 0 Å². The van der Waals surface area contributed by atoms with Gasteiger partial charge in [-0.15, -0.1) is 0 Å². The van der Waals surface area contributed by atoms with E-state index in [1.54, 1.807) is 0 Å². The largest absolute Gasteiger partial charge is 0.368 e. The predicted molar refractivity (Wildman–Crippen MR) is 78.6 cm³/mol. The van der Waals surface area contributed by atoms with Crippen molar-refractivity contribution in [1.29, 1.82) is 0 Å². The molecule has 1 aliphatic heterocycles. The van der Waals surface area contributed by atoms with Gasteiger partial charge in [0.15, 0.2) is 0 Å². The van der Waals surface area contributed by atoms with Crippen molar-refractivity contribution in [3.05, 3.63) is 36.0 Å². The molecule has 1 aromatic carbocycles. The summed E-state index contributed by atoms with van der Waals surface area (Å²) in [5.74, 6) is 0.0320. The average molecular weight is 272 g/mol. The molecule has 2 aromatic rings. The van der Waals surface area contributed by atoms with Gasteiger partial charge in [-0.2, -0.15) is 0 Å². The van der Waals surface area contributed by atoms with Crippen molar-refractivity contribution < 1.29 is 9.53 Å².